The third-order valence-corrected chi connectivity index (χ3v) is 4.64. The maximum atomic E-state index is 12.5. The fourth-order valence-electron chi connectivity index (χ4n) is 3.47. The average Bonchev–Trinajstić information content (AvgIpc) is 2.67. The number of nitrogens with one attached hydrogen (secondary N) is 1. The van der Waals surface area contributed by atoms with E-state index in [0.29, 0.717) is 16.7 Å². The smallest absolute Gasteiger partial charge is 0.259 e. The first-order valence-corrected chi connectivity index (χ1v) is 8.21. The van der Waals surface area contributed by atoms with Crippen LogP contribution in [0.3, 0.4) is 0 Å². The van der Waals surface area contributed by atoms with E-state index in [9.17, 15) is 4.79 Å². The molecule has 0 spiro atoms. The Morgan fingerprint density at radius 2 is 1.40 bits per heavy atom. The van der Waals surface area contributed by atoms with Crippen molar-refractivity contribution in [2.75, 3.05) is 0 Å². The molecule has 1 aromatic heterocycles. The first kappa shape index (κ1) is 13.9. The normalized spacial score (nSPS) is 11.4. The first-order valence-electron chi connectivity index (χ1n) is 8.21. The van der Waals surface area contributed by atoms with Crippen LogP contribution in [0.25, 0.3) is 43.8 Å². The summed E-state index contributed by atoms with van der Waals surface area (Å²) >= 11 is 0. The molecule has 0 bridgehead atoms. The number of hydrogen-bond acceptors (Lipinski definition) is 2. The highest BCUT2D eigenvalue weighted by atomic mass is 16.1. The van der Waals surface area contributed by atoms with Crippen molar-refractivity contribution in [1.29, 1.82) is 0 Å². The maximum Gasteiger partial charge on any atom is 0.259 e. The van der Waals surface area contributed by atoms with Crippen LogP contribution in [0.5, 0.6) is 0 Å². The van der Waals surface area contributed by atoms with Crippen molar-refractivity contribution in [2.45, 2.75) is 0 Å². The van der Waals surface area contributed by atoms with Gasteiger partial charge in [0.05, 0.1) is 10.9 Å². The number of aromatic amines is 1. The number of para-hydroxylation sites is 1. The van der Waals surface area contributed by atoms with Crippen LogP contribution in [0.2, 0.25) is 0 Å². The van der Waals surface area contributed by atoms with Crippen LogP contribution in [0.1, 0.15) is 0 Å². The van der Waals surface area contributed by atoms with Crippen molar-refractivity contribution in [3.8, 4) is 11.4 Å². The Hall–Kier alpha value is -3.46. The number of aromatic nitrogens is 2. The lowest BCUT2D eigenvalue weighted by Crippen LogP contribution is -2.09. The van der Waals surface area contributed by atoms with Gasteiger partial charge in [-0.1, -0.05) is 66.7 Å². The zero-order valence-electron chi connectivity index (χ0n) is 13.4. The second-order valence-corrected chi connectivity index (χ2v) is 6.12. The van der Waals surface area contributed by atoms with Crippen LogP contribution < -0.4 is 5.56 Å². The number of rotatable bonds is 1. The minimum Gasteiger partial charge on any atom is -0.306 e. The van der Waals surface area contributed by atoms with Gasteiger partial charge in [0.2, 0.25) is 0 Å². The lowest BCUT2D eigenvalue weighted by atomic mass is 9.97. The average molecular weight is 322 g/mol. The summed E-state index contributed by atoms with van der Waals surface area (Å²) in [5.74, 6) is 0.602. The molecule has 118 valence electrons. The summed E-state index contributed by atoms with van der Waals surface area (Å²) in [4.78, 5) is 20.1. The molecular formula is C22H14N2O. The summed E-state index contributed by atoms with van der Waals surface area (Å²) in [5, 5.41) is 5.18. The lowest BCUT2D eigenvalue weighted by molar-refractivity contribution is 1.18. The van der Waals surface area contributed by atoms with Crippen molar-refractivity contribution in [3.05, 3.63) is 89.2 Å². The van der Waals surface area contributed by atoms with Crippen molar-refractivity contribution in [2.24, 2.45) is 0 Å². The maximum absolute atomic E-state index is 12.5. The number of hydrogen-bond donors (Lipinski definition) is 1. The predicted molar refractivity (Wildman–Crippen MR) is 103 cm³/mol. The van der Waals surface area contributed by atoms with E-state index in [0.717, 1.165) is 21.7 Å². The zero-order chi connectivity index (χ0) is 16.8. The molecule has 3 nitrogen and oxygen atoms in total. The van der Waals surface area contributed by atoms with E-state index < -0.39 is 0 Å². The van der Waals surface area contributed by atoms with Gasteiger partial charge >= 0.3 is 0 Å². The van der Waals surface area contributed by atoms with Gasteiger partial charge in [-0.05, 0) is 28.3 Å². The molecule has 1 N–H and O–H groups in total. The Kier molecular flexibility index (Phi) is 2.94. The number of nitrogens with zero attached hydrogens (tertiary/aromatic N) is 1. The van der Waals surface area contributed by atoms with E-state index in [1.807, 2.05) is 42.5 Å². The highest BCUT2D eigenvalue weighted by molar-refractivity contribution is 6.13. The van der Waals surface area contributed by atoms with Gasteiger partial charge in [0.1, 0.15) is 5.82 Å². The molecule has 0 saturated heterocycles. The summed E-state index contributed by atoms with van der Waals surface area (Å²) < 4.78 is 0. The Balaban J connectivity index is 1.93. The highest BCUT2D eigenvalue weighted by Crippen LogP contribution is 2.32. The van der Waals surface area contributed by atoms with Gasteiger partial charge in [0.25, 0.3) is 5.56 Å². The molecule has 1 heterocycles. The number of fused-ring (bicyclic) bond motifs is 4. The molecule has 0 unspecified atom stereocenters. The molecule has 5 rings (SSSR count). The van der Waals surface area contributed by atoms with Crippen LogP contribution in [0, 0.1) is 0 Å². The molecular weight excluding hydrogens is 308 g/mol. The number of H-pyrrole nitrogens is 1. The van der Waals surface area contributed by atoms with E-state index in [1.165, 1.54) is 5.39 Å². The van der Waals surface area contributed by atoms with Crippen LogP contribution in [-0.2, 0) is 0 Å². The van der Waals surface area contributed by atoms with Crippen molar-refractivity contribution in [1.82, 2.24) is 9.97 Å². The summed E-state index contributed by atoms with van der Waals surface area (Å²) in [5.41, 5.74) is 1.54. The minimum absolute atomic E-state index is 0.113. The van der Waals surface area contributed by atoms with E-state index in [2.05, 4.69) is 35.3 Å². The van der Waals surface area contributed by atoms with E-state index in [-0.39, 0.29) is 5.56 Å². The van der Waals surface area contributed by atoms with Crippen molar-refractivity contribution < 1.29 is 0 Å². The quantitative estimate of drug-likeness (QED) is 0.446. The molecule has 0 aliphatic carbocycles. The van der Waals surface area contributed by atoms with Gasteiger partial charge in [-0.3, -0.25) is 4.79 Å². The fourth-order valence-corrected chi connectivity index (χ4v) is 3.47. The van der Waals surface area contributed by atoms with Gasteiger partial charge in [0, 0.05) is 10.9 Å². The molecule has 0 aliphatic heterocycles. The third-order valence-electron chi connectivity index (χ3n) is 4.64. The minimum atomic E-state index is -0.113. The van der Waals surface area contributed by atoms with Crippen LogP contribution in [0.4, 0.5) is 0 Å². The zero-order valence-corrected chi connectivity index (χ0v) is 13.4. The van der Waals surface area contributed by atoms with E-state index in [4.69, 9.17) is 4.98 Å². The van der Waals surface area contributed by atoms with Crippen LogP contribution >= 0.6 is 0 Å². The standard InChI is InChI=1S/C22H14N2O/c25-22-17-9-3-4-11-19(17)23-21(24-22)18-10-5-7-15-13-12-14-6-1-2-8-16(14)20(15)18/h1-13H,(H,23,24,25). The molecule has 0 radical (unpaired) electrons. The summed E-state index contributed by atoms with van der Waals surface area (Å²) in [7, 11) is 0. The SMILES string of the molecule is O=c1[nH]c(-c2cccc3ccc4ccccc4c23)nc2ccccc12. The third kappa shape index (κ3) is 2.13. The van der Waals surface area contributed by atoms with Crippen LogP contribution in [-0.4, -0.2) is 9.97 Å². The monoisotopic (exact) mass is 322 g/mol. The van der Waals surface area contributed by atoms with E-state index in [1.54, 1.807) is 6.07 Å². The van der Waals surface area contributed by atoms with Crippen molar-refractivity contribution in [3.63, 3.8) is 0 Å². The highest BCUT2D eigenvalue weighted by Gasteiger charge is 2.11. The first-order chi connectivity index (χ1) is 12.3. The molecule has 0 fully saturated rings. The van der Waals surface area contributed by atoms with E-state index >= 15 is 0 Å². The van der Waals surface area contributed by atoms with Gasteiger partial charge in [-0.2, -0.15) is 0 Å². The Morgan fingerprint density at radius 1 is 0.680 bits per heavy atom. The summed E-state index contributed by atoms with van der Waals surface area (Å²) in [6.07, 6.45) is 0. The molecule has 0 saturated carbocycles. The molecule has 25 heavy (non-hydrogen) atoms. The van der Waals surface area contributed by atoms with Gasteiger partial charge in [-0.15, -0.1) is 0 Å². The van der Waals surface area contributed by atoms with Crippen LogP contribution in [0.15, 0.2) is 83.7 Å². The molecule has 0 aliphatic rings. The fraction of sp³-hybridized carbons (Fsp3) is 0. The second-order valence-electron chi connectivity index (χ2n) is 6.12. The summed E-state index contributed by atoms with van der Waals surface area (Å²) in [6, 6.07) is 26.0. The lowest BCUT2D eigenvalue weighted by Gasteiger charge is -2.10. The van der Waals surface area contributed by atoms with Gasteiger partial charge in [0.15, 0.2) is 0 Å². The Bertz CT molecular complexity index is 1320. The topological polar surface area (TPSA) is 45.8 Å². The summed E-state index contributed by atoms with van der Waals surface area (Å²) in [6.45, 7) is 0. The molecule has 0 amide bonds. The van der Waals surface area contributed by atoms with Gasteiger partial charge < -0.3 is 4.98 Å². The molecule has 5 aromatic rings. The molecule has 0 atom stereocenters. The predicted octanol–water partition coefficient (Wildman–Crippen LogP) is 4.90. The Morgan fingerprint density at radius 3 is 2.32 bits per heavy atom. The van der Waals surface area contributed by atoms with Crippen molar-refractivity contribution >= 4 is 32.4 Å². The second kappa shape index (κ2) is 5.28. The largest absolute Gasteiger partial charge is 0.306 e. The van der Waals surface area contributed by atoms with Gasteiger partial charge in [-0.25, -0.2) is 4.98 Å². The number of benzene rings is 4. The molecule has 3 heteroatoms. The molecule has 4 aromatic carbocycles. The Labute approximate surface area is 143 Å².